The molecule has 1 fully saturated rings. The molecule has 0 radical (unpaired) electrons. The van der Waals surface area contributed by atoms with Crippen LogP contribution in [-0.2, 0) is 14.3 Å². The number of rotatable bonds is 7. The Labute approximate surface area is 102 Å². The molecule has 1 heterocycles. The van der Waals surface area contributed by atoms with Crippen LogP contribution in [0.1, 0.15) is 39.0 Å². The molecule has 0 aromatic carbocycles. The number of carboxylic acid groups (broad SMARTS) is 1. The van der Waals surface area contributed by atoms with Gasteiger partial charge in [0.15, 0.2) is 0 Å². The third-order valence-corrected chi connectivity index (χ3v) is 2.92. The molecule has 5 nitrogen and oxygen atoms in total. The van der Waals surface area contributed by atoms with Gasteiger partial charge in [0, 0.05) is 19.2 Å². The van der Waals surface area contributed by atoms with E-state index in [0.29, 0.717) is 26.2 Å². The number of hydrogen-bond donors (Lipinski definition) is 1. The molecule has 0 aromatic heterocycles. The van der Waals surface area contributed by atoms with Crippen LogP contribution in [0.3, 0.4) is 0 Å². The fourth-order valence-corrected chi connectivity index (χ4v) is 2.13. The van der Waals surface area contributed by atoms with E-state index in [4.69, 9.17) is 9.84 Å². The molecule has 1 N–H and O–H groups in total. The molecule has 1 aliphatic heterocycles. The molecule has 1 amide bonds. The predicted octanol–water partition coefficient (Wildman–Crippen LogP) is 1.27. The Morgan fingerprint density at radius 3 is 2.82 bits per heavy atom. The summed E-state index contributed by atoms with van der Waals surface area (Å²) in [4.78, 5) is 24.2. The Bertz CT molecular complexity index is 267. The van der Waals surface area contributed by atoms with E-state index < -0.39 is 5.97 Å². The van der Waals surface area contributed by atoms with Gasteiger partial charge in [-0.2, -0.15) is 0 Å². The standard InChI is InChI=1S/C12H21NO4/c1-2-7-17-8-5-11(14)13-6-3-4-10(13)9-12(15)16/h10H,2-9H2,1H3,(H,15,16). The molecule has 1 aliphatic rings. The lowest BCUT2D eigenvalue weighted by Gasteiger charge is -2.23. The second-order valence-electron chi connectivity index (χ2n) is 4.34. The summed E-state index contributed by atoms with van der Waals surface area (Å²) in [5.74, 6) is -0.818. The van der Waals surface area contributed by atoms with Crippen molar-refractivity contribution >= 4 is 11.9 Å². The van der Waals surface area contributed by atoms with Crippen molar-refractivity contribution in [2.24, 2.45) is 0 Å². The molecule has 5 heteroatoms. The number of nitrogens with zero attached hydrogens (tertiary/aromatic N) is 1. The Morgan fingerprint density at radius 1 is 1.41 bits per heavy atom. The van der Waals surface area contributed by atoms with Crippen molar-refractivity contribution in [1.82, 2.24) is 4.90 Å². The minimum absolute atomic E-state index is 0.0184. The van der Waals surface area contributed by atoms with Crippen LogP contribution in [0.2, 0.25) is 0 Å². The predicted molar refractivity (Wildman–Crippen MR) is 62.7 cm³/mol. The zero-order chi connectivity index (χ0) is 12.7. The van der Waals surface area contributed by atoms with Crippen molar-refractivity contribution in [3.8, 4) is 0 Å². The van der Waals surface area contributed by atoms with Gasteiger partial charge < -0.3 is 14.7 Å². The van der Waals surface area contributed by atoms with E-state index in [1.807, 2.05) is 6.92 Å². The normalized spacial score (nSPS) is 19.6. The van der Waals surface area contributed by atoms with E-state index in [1.54, 1.807) is 4.90 Å². The molecule has 0 aliphatic carbocycles. The lowest BCUT2D eigenvalue weighted by atomic mass is 10.1. The van der Waals surface area contributed by atoms with Gasteiger partial charge in [0.1, 0.15) is 0 Å². The first-order chi connectivity index (χ1) is 8.15. The lowest BCUT2D eigenvalue weighted by Crippen LogP contribution is -2.37. The second-order valence-corrected chi connectivity index (χ2v) is 4.34. The van der Waals surface area contributed by atoms with Crippen molar-refractivity contribution in [1.29, 1.82) is 0 Å². The smallest absolute Gasteiger partial charge is 0.305 e. The van der Waals surface area contributed by atoms with Gasteiger partial charge in [-0.25, -0.2) is 0 Å². The highest BCUT2D eigenvalue weighted by Crippen LogP contribution is 2.20. The first-order valence-corrected chi connectivity index (χ1v) is 6.24. The number of carbonyl (C=O) groups excluding carboxylic acids is 1. The summed E-state index contributed by atoms with van der Waals surface area (Å²) in [5, 5.41) is 8.76. The number of carbonyl (C=O) groups is 2. The number of amides is 1. The average Bonchev–Trinajstić information content (AvgIpc) is 2.71. The summed E-state index contributed by atoms with van der Waals surface area (Å²) in [6.07, 6.45) is 3.06. The summed E-state index contributed by atoms with van der Waals surface area (Å²) < 4.78 is 5.27. The third-order valence-electron chi connectivity index (χ3n) is 2.92. The highest BCUT2D eigenvalue weighted by atomic mass is 16.5. The van der Waals surface area contributed by atoms with E-state index in [-0.39, 0.29) is 18.4 Å². The molecule has 1 atom stereocenters. The van der Waals surface area contributed by atoms with Gasteiger partial charge in [-0.3, -0.25) is 9.59 Å². The molecule has 0 aromatic rings. The zero-order valence-electron chi connectivity index (χ0n) is 10.4. The molecule has 98 valence electrons. The first kappa shape index (κ1) is 14.0. The van der Waals surface area contributed by atoms with Gasteiger partial charge in [0.05, 0.1) is 19.4 Å². The highest BCUT2D eigenvalue weighted by molar-refractivity contribution is 5.78. The van der Waals surface area contributed by atoms with Crippen LogP contribution >= 0.6 is 0 Å². The van der Waals surface area contributed by atoms with Crippen LogP contribution in [0.5, 0.6) is 0 Å². The van der Waals surface area contributed by atoms with Crippen molar-refractivity contribution < 1.29 is 19.4 Å². The van der Waals surface area contributed by atoms with E-state index in [2.05, 4.69) is 0 Å². The fourth-order valence-electron chi connectivity index (χ4n) is 2.13. The van der Waals surface area contributed by atoms with Crippen molar-refractivity contribution in [2.75, 3.05) is 19.8 Å². The van der Waals surface area contributed by atoms with Crippen LogP contribution in [0.25, 0.3) is 0 Å². The van der Waals surface area contributed by atoms with E-state index in [1.165, 1.54) is 0 Å². The zero-order valence-corrected chi connectivity index (χ0v) is 10.4. The SMILES string of the molecule is CCCOCCC(=O)N1CCCC1CC(=O)O. The van der Waals surface area contributed by atoms with Crippen LogP contribution in [-0.4, -0.2) is 47.7 Å². The summed E-state index contributed by atoms with van der Waals surface area (Å²) in [6, 6.07) is -0.119. The Balaban J connectivity index is 2.31. The lowest BCUT2D eigenvalue weighted by molar-refractivity contribution is -0.140. The van der Waals surface area contributed by atoms with Crippen molar-refractivity contribution in [3.63, 3.8) is 0 Å². The molecular formula is C12H21NO4. The molecule has 0 saturated carbocycles. The topological polar surface area (TPSA) is 66.8 Å². The highest BCUT2D eigenvalue weighted by Gasteiger charge is 2.29. The summed E-state index contributed by atoms with van der Waals surface area (Å²) in [5.41, 5.74) is 0. The largest absolute Gasteiger partial charge is 0.481 e. The minimum Gasteiger partial charge on any atom is -0.481 e. The van der Waals surface area contributed by atoms with Crippen LogP contribution in [0.4, 0.5) is 0 Å². The summed E-state index contributed by atoms with van der Waals surface area (Å²) in [7, 11) is 0. The van der Waals surface area contributed by atoms with Crippen LogP contribution in [0, 0.1) is 0 Å². The van der Waals surface area contributed by atoms with Crippen molar-refractivity contribution in [2.45, 2.75) is 45.1 Å². The number of aliphatic carboxylic acids is 1. The molecule has 0 spiro atoms. The quantitative estimate of drug-likeness (QED) is 0.684. The van der Waals surface area contributed by atoms with Gasteiger partial charge in [-0.05, 0) is 19.3 Å². The van der Waals surface area contributed by atoms with Gasteiger partial charge in [0.25, 0.3) is 0 Å². The van der Waals surface area contributed by atoms with Gasteiger partial charge >= 0.3 is 5.97 Å². The molecule has 1 unspecified atom stereocenters. The maximum Gasteiger partial charge on any atom is 0.305 e. The van der Waals surface area contributed by atoms with Gasteiger partial charge in [-0.1, -0.05) is 6.92 Å². The Kier molecular flexibility index (Phi) is 5.97. The van der Waals surface area contributed by atoms with E-state index in [9.17, 15) is 9.59 Å². The van der Waals surface area contributed by atoms with Crippen molar-refractivity contribution in [3.05, 3.63) is 0 Å². The third kappa shape index (κ3) is 4.73. The van der Waals surface area contributed by atoms with E-state index in [0.717, 1.165) is 19.3 Å². The van der Waals surface area contributed by atoms with Crippen LogP contribution < -0.4 is 0 Å². The number of carboxylic acids is 1. The molecule has 1 saturated heterocycles. The number of likely N-dealkylation sites (tertiary alicyclic amines) is 1. The van der Waals surface area contributed by atoms with E-state index >= 15 is 0 Å². The van der Waals surface area contributed by atoms with Crippen LogP contribution in [0.15, 0.2) is 0 Å². The number of ether oxygens (including phenoxy) is 1. The maximum absolute atomic E-state index is 11.9. The second kappa shape index (κ2) is 7.27. The van der Waals surface area contributed by atoms with Gasteiger partial charge in [0.2, 0.25) is 5.91 Å². The minimum atomic E-state index is -0.836. The van der Waals surface area contributed by atoms with Gasteiger partial charge in [-0.15, -0.1) is 0 Å². The molecular weight excluding hydrogens is 222 g/mol. The monoisotopic (exact) mass is 243 g/mol. The molecule has 1 rings (SSSR count). The molecule has 17 heavy (non-hydrogen) atoms. The maximum atomic E-state index is 11.9. The molecule has 0 bridgehead atoms. The first-order valence-electron chi connectivity index (χ1n) is 6.24. The average molecular weight is 243 g/mol. The Morgan fingerprint density at radius 2 is 2.18 bits per heavy atom. The number of hydrogen-bond acceptors (Lipinski definition) is 3. The summed E-state index contributed by atoms with van der Waals surface area (Å²) >= 11 is 0. The summed E-state index contributed by atoms with van der Waals surface area (Å²) in [6.45, 7) is 3.81. The Hall–Kier alpha value is -1.10. The fraction of sp³-hybridized carbons (Fsp3) is 0.833.